The number of amides is 2. The number of hydrogen-bond acceptors (Lipinski definition) is 9. The summed E-state index contributed by atoms with van der Waals surface area (Å²) in [5.74, 6) is 0.0816. The lowest BCUT2D eigenvalue weighted by Crippen LogP contribution is -2.38. The van der Waals surface area contributed by atoms with Crippen molar-refractivity contribution in [2.45, 2.75) is 4.90 Å². The molecule has 0 bridgehead atoms. The first-order valence-electron chi connectivity index (χ1n) is 11.5. The predicted octanol–water partition coefficient (Wildman–Crippen LogP) is 2.82. The fraction of sp³-hybridized carbons (Fsp3) is 0.120. The van der Waals surface area contributed by atoms with Crippen molar-refractivity contribution in [2.75, 3.05) is 30.2 Å². The van der Waals surface area contributed by atoms with Crippen molar-refractivity contribution in [2.24, 2.45) is 0 Å². The molecule has 0 fully saturated rings. The Labute approximate surface area is 229 Å². The number of carbonyl (C=O) groups excluding carboxylic acids is 2. The molecule has 4 aromatic rings. The van der Waals surface area contributed by atoms with Crippen LogP contribution >= 0.6 is 11.6 Å². The Hall–Kier alpha value is -4.46. The Morgan fingerprint density at radius 1 is 0.974 bits per heavy atom. The van der Waals surface area contributed by atoms with Gasteiger partial charge in [-0.15, -0.1) is 0 Å². The number of sulfonamides is 1. The van der Waals surface area contributed by atoms with Crippen LogP contribution in [0.2, 0.25) is 5.02 Å². The molecule has 0 aliphatic heterocycles. The van der Waals surface area contributed by atoms with Crippen molar-refractivity contribution >= 4 is 62.3 Å². The molecule has 1 heterocycles. The third-order valence-corrected chi connectivity index (χ3v) is 7.00. The quantitative estimate of drug-likeness (QED) is 0.0980. The highest BCUT2D eigenvalue weighted by molar-refractivity contribution is 7.92. The second kappa shape index (κ2) is 12.4. The summed E-state index contributed by atoms with van der Waals surface area (Å²) in [5, 5.41) is 6.03. The van der Waals surface area contributed by atoms with Gasteiger partial charge in [-0.25, -0.2) is 23.8 Å². The van der Waals surface area contributed by atoms with E-state index in [1.165, 1.54) is 31.4 Å². The standard InChI is InChI=1S/C25H24ClN7O5S/c1-38-17-9-10-19(26)22(14-17)32-23-24(31-21-8-3-2-7-20(21)30-23)33-39(36,37)18-6-4-5-16(13-18)25(35)27-11-12-28-29-15-34/h2-10,13-15,28H,11-12H2,1H3,(H,27,35)(H,29,34)(H,30,32)(H,31,33). The van der Waals surface area contributed by atoms with Gasteiger partial charge in [0.2, 0.25) is 6.41 Å². The number of hydrazine groups is 1. The summed E-state index contributed by atoms with van der Waals surface area (Å²) in [6, 6.07) is 17.5. The highest BCUT2D eigenvalue weighted by atomic mass is 35.5. The van der Waals surface area contributed by atoms with Crippen LogP contribution in [0.3, 0.4) is 0 Å². The van der Waals surface area contributed by atoms with Gasteiger partial charge in [-0.3, -0.25) is 19.7 Å². The van der Waals surface area contributed by atoms with Gasteiger partial charge in [-0.05, 0) is 42.5 Å². The van der Waals surface area contributed by atoms with Crippen LogP contribution in [0.1, 0.15) is 10.4 Å². The number of methoxy groups -OCH3 is 1. The molecule has 0 unspecified atom stereocenters. The molecule has 202 valence electrons. The van der Waals surface area contributed by atoms with Crippen LogP contribution in [-0.4, -0.2) is 50.9 Å². The number of rotatable bonds is 12. The summed E-state index contributed by atoms with van der Waals surface area (Å²) in [6.07, 6.45) is 0.468. The van der Waals surface area contributed by atoms with Gasteiger partial charge in [-0.1, -0.05) is 29.8 Å². The van der Waals surface area contributed by atoms with Crippen molar-refractivity contribution in [3.63, 3.8) is 0 Å². The maximum atomic E-state index is 13.4. The van der Waals surface area contributed by atoms with Crippen LogP contribution in [-0.2, 0) is 14.8 Å². The second-order valence-corrected chi connectivity index (χ2v) is 10.0. The highest BCUT2D eigenvalue weighted by Crippen LogP contribution is 2.32. The van der Waals surface area contributed by atoms with Crippen LogP contribution < -0.4 is 30.9 Å². The van der Waals surface area contributed by atoms with E-state index in [-0.39, 0.29) is 35.2 Å². The molecule has 3 aromatic carbocycles. The number of benzene rings is 3. The number of nitrogens with zero attached hydrogens (tertiary/aromatic N) is 2. The molecule has 1 aromatic heterocycles. The maximum Gasteiger partial charge on any atom is 0.263 e. The van der Waals surface area contributed by atoms with Gasteiger partial charge in [0.05, 0.1) is 33.7 Å². The van der Waals surface area contributed by atoms with Crippen LogP contribution in [0.15, 0.2) is 71.6 Å². The lowest BCUT2D eigenvalue weighted by molar-refractivity contribution is -0.110. The predicted molar refractivity (Wildman–Crippen MR) is 148 cm³/mol. The molecule has 0 radical (unpaired) electrons. The number of halogens is 1. The number of nitrogens with one attached hydrogen (secondary N) is 5. The smallest absolute Gasteiger partial charge is 0.263 e. The Kier molecular flexibility index (Phi) is 8.76. The first-order valence-corrected chi connectivity index (χ1v) is 13.4. The average Bonchev–Trinajstić information content (AvgIpc) is 2.94. The molecule has 14 heteroatoms. The Bertz CT molecular complexity index is 1620. The van der Waals surface area contributed by atoms with Gasteiger partial charge < -0.3 is 15.4 Å². The van der Waals surface area contributed by atoms with E-state index in [4.69, 9.17) is 16.3 Å². The topological polar surface area (TPSA) is 163 Å². The molecule has 12 nitrogen and oxygen atoms in total. The molecule has 0 aliphatic rings. The van der Waals surface area contributed by atoms with Gasteiger partial charge in [0.1, 0.15) is 5.75 Å². The van der Waals surface area contributed by atoms with Crippen molar-refractivity contribution in [1.82, 2.24) is 26.1 Å². The average molecular weight is 570 g/mol. The normalized spacial score (nSPS) is 11.0. The molecule has 0 atom stereocenters. The van der Waals surface area contributed by atoms with Gasteiger partial charge in [-0.2, -0.15) is 0 Å². The van der Waals surface area contributed by atoms with E-state index in [2.05, 4.69) is 36.2 Å². The van der Waals surface area contributed by atoms with Gasteiger partial charge in [0.15, 0.2) is 11.6 Å². The lowest BCUT2D eigenvalue weighted by Gasteiger charge is -2.15. The van der Waals surface area contributed by atoms with E-state index in [0.29, 0.717) is 33.9 Å². The molecule has 0 saturated carbocycles. The van der Waals surface area contributed by atoms with E-state index in [1.54, 1.807) is 42.5 Å². The third kappa shape index (κ3) is 6.90. The van der Waals surface area contributed by atoms with Crippen molar-refractivity contribution in [3.05, 3.63) is 77.3 Å². The highest BCUT2D eigenvalue weighted by Gasteiger charge is 2.21. The summed E-state index contributed by atoms with van der Waals surface area (Å²) >= 11 is 6.35. The number of fused-ring (bicyclic) bond motifs is 1. The maximum absolute atomic E-state index is 13.4. The fourth-order valence-corrected chi connectivity index (χ4v) is 4.68. The Morgan fingerprint density at radius 2 is 1.72 bits per heavy atom. The van der Waals surface area contributed by atoms with E-state index < -0.39 is 15.9 Å². The SMILES string of the molecule is COc1ccc(Cl)c(Nc2nc3ccccc3nc2NS(=O)(=O)c2cccc(C(=O)NCCNNC=O)c2)c1. The minimum atomic E-state index is -4.20. The third-order valence-electron chi connectivity index (χ3n) is 5.33. The number of anilines is 3. The Morgan fingerprint density at radius 3 is 2.44 bits per heavy atom. The van der Waals surface area contributed by atoms with E-state index in [0.717, 1.165) is 0 Å². The number of hydrogen-bond donors (Lipinski definition) is 5. The van der Waals surface area contributed by atoms with Gasteiger partial charge >= 0.3 is 0 Å². The second-order valence-electron chi connectivity index (χ2n) is 7.96. The minimum absolute atomic E-state index is 0.0730. The summed E-state index contributed by atoms with van der Waals surface area (Å²) in [4.78, 5) is 31.6. The van der Waals surface area contributed by atoms with Crippen LogP contribution in [0.25, 0.3) is 11.0 Å². The number of para-hydroxylation sites is 2. The molecule has 0 saturated heterocycles. The Balaban J connectivity index is 1.63. The summed E-state index contributed by atoms with van der Waals surface area (Å²) in [5.41, 5.74) is 6.38. The zero-order valence-electron chi connectivity index (χ0n) is 20.6. The molecule has 0 spiro atoms. The van der Waals surface area contributed by atoms with Crippen molar-refractivity contribution < 1.29 is 22.7 Å². The fourth-order valence-electron chi connectivity index (χ4n) is 3.46. The minimum Gasteiger partial charge on any atom is -0.497 e. The number of aromatic nitrogens is 2. The lowest BCUT2D eigenvalue weighted by atomic mass is 10.2. The molecule has 39 heavy (non-hydrogen) atoms. The van der Waals surface area contributed by atoms with E-state index in [1.807, 2.05) is 0 Å². The molecule has 2 amide bonds. The monoisotopic (exact) mass is 569 g/mol. The molecule has 0 aliphatic carbocycles. The summed E-state index contributed by atoms with van der Waals surface area (Å²) < 4.78 is 34.5. The summed E-state index contributed by atoms with van der Waals surface area (Å²) in [6.45, 7) is 0.473. The first kappa shape index (κ1) is 27.6. The molecule has 5 N–H and O–H groups in total. The van der Waals surface area contributed by atoms with Crippen LogP contribution in [0.5, 0.6) is 5.75 Å². The van der Waals surface area contributed by atoms with Crippen molar-refractivity contribution in [1.29, 1.82) is 0 Å². The van der Waals surface area contributed by atoms with Crippen LogP contribution in [0.4, 0.5) is 17.3 Å². The zero-order chi connectivity index (χ0) is 27.8. The number of carbonyl (C=O) groups is 2. The summed E-state index contributed by atoms with van der Waals surface area (Å²) in [7, 11) is -2.69. The molecular weight excluding hydrogens is 546 g/mol. The zero-order valence-corrected chi connectivity index (χ0v) is 22.1. The molecule has 4 rings (SSSR count). The van der Waals surface area contributed by atoms with Gasteiger partial charge in [0.25, 0.3) is 15.9 Å². The van der Waals surface area contributed by atoms with E-state index in [9.17, 15) is 18.0 Å². The van der Waals surface area contributed by atoms with Crippen molar-refractivity contribution in [3.8, 4) is 5.75 Å². The molecular formula is C25H24ClN7O5S. The van der Waals surface area contributed by atoms with Crippen LogP contribution in [0, 0.1) is 0 Å². The first-order chi connectivity index (χ1) is 18.8. The largest absolute Gasteiger partial charge is 0.497 e. The van der Waals surface area contributed by atoms with E-state index >= 15 is 0 Å². The number of ether oxygens (including phenoxy) is 1. The van der Waals surface area contributed by atoms with Gasteiger partial charge in [0, 0.05) is 24.7 Å².